The van der Waals surface area contributed by atoms with Crippen LogP contribution in [0.15, 0.2) is 57.9 Å². The molecule has 0 atom stereocenters. The fraction of sp³-hybridized carbons (Fsp3) is 0.167. The Labute approximate surface area is 167 Å². The zero-order chi connectivity index (χ0) is 19.7. The van der Waals surface area contributed by atoms with E-state index in [-0.39, 0.29) is 19.6 Å². The molecule has 10 heteroatoms. The van der Waals surface area contributed by atoms with Crippen LogP contribution in [-0.2, 0) is 24.4 Å². The van der Waals surface area contributed by atoms with Crippen molar-refractivity contribution in [3.05, 3.63) is 75.1 Å². The number of benzene rings is 1. The minimum Gasteiger partial charge on any atom is -0.349 e. The number of hydrogen-bond acceptors (Lipinski definition) is 5. The highest BCUT2D eigenvalue weighted by Gasteiger charge is 2.33. The van der Waals surface area contributed by atoms with Gasteiger partial charge >= 0.3 is 11.7 Å². The van der Waals surface area contributed by atoms with Crippen molar-refractivity contribution in [3.63, 3.8) is 0 Å². The number of carbonyl (C=O) groups is 2. The number of amides is 2. The molecule has 1 aliphatic rings. The Morgan fingerprint density at radius 1 is 1.14 bits per heavy atom. The molecule has 2 amide bonds. The van der Waals surface area contributed by atoms with Crippen LogP contribution in [0.4, 0.5) is 10.5 Å². The minimum atomic E-state index is -0.633. The van der Waals surface area contributed by atoms with Gasteiger partial charge in [-0.2, -0.15) is 9.67 Å². The molecule has 1 aliphatic heterocycles. The van der Waals surface area contributed by atoms with Crippen LogP contribution in [-0.4, -0.2) is 31.3 Å². The summed E-state index contributed by atoms with van der Waals surface area (Å²) in [6.45, 7) is 0.0885. The fourth-order valence-corrected chi connectivity index (χ4v) is 3.19. The van der Waals surface area contributed by atoms with Gasteiger partial charge in [-0.15, -0.1) is 0 Å². The summed E-state index contributed by atoms with van der Waals surface area (Å²) in [7, 11) is 0. The number of hydrogen-bond donors (Lipinski definition) is 1. The van der Waals surface area contributed by atoms with Gasteiger partial charge in [0.05, 0.1) is 18.8 Å². The van der Waals surface area contributed by atoms with E-state index in [1.807, 2.05) is 18.2 Å². The predicted octanol–water partition coefficient (Wildman–Crippen LogP) is 1.51. The summed E-state index contributed by atoms with van der Waals surface area (Å²) in [5.41, 5.74) is 0.739. The largest absolute Gasteiger partial charge is 0.365 e. The average Bonchev–Trinajstić information content (AvgIpc) is 3.17. The molecule has 2 aromatic heterocycles. The van der Waals surface area contributed by atoms with Gasteiger partial charge in [0.15, 0.2) is 5.82 Å². The van der Waals surface area contributed by atoms with Crippen LogP contribution in [0.1, 0.15) is 11.5 Å². The summed E-state index contributed by atoms with van der Waals surface area (Å²) in [5, 5.41) is 2.69. The lowest BCUT2D eigenvalue weighted by Crippen LogP contribution is -2.38. The van der Waals surface area contributed by atoms with Crippen LogP contribution in [0, 0.1) is 0 Å². The molecule has 4 rings (SSSR count). The zero-order valence-electron chi connectivity index (χ0n) is 14.6. The fourth-order valence-electron chi connectivity index (χ4n) is 2.92. The zero-order valence-corrected chi connectivity index (χ0v) is 16.2. The Morgan fingerprint density at radius 2 is 1.93 bits per heavy atom. The molecule has 1 N–H and O–H groups in total. The molecule has 1 aromatic carbocycles. The first-order valence-corrected chi connectivity index (χ1v) is 9.25. The van der Waals surface area contributed by atoms with Crippen LogP contribution in [0.5, 0.6) is 0 Å². The maximum atomic E-state index is 12.8. The van der Waals surface area contributed by atoms with E-state index in [1.54, 1.807) is 30.5 Å². The molecule has 28 heavy (non-hydrogen) atoms. The van der Waals surface area contributed by atoms with Gasteiger partial charge in [-0.05, 0) is 36.4 Å². The highest BCUT2D eigenvalue weighted by Crippen LogP contribution is 2.24. The summed E-state index contributed by atoms with van der Waals surface area (Å²) in [6.07, 6.45) is 1.63. The number of nitrogens with zero attached hydrogens (tertiary/aromatic N) is 5. The summed E-state index contributed by atoms with van der Waals surface area (Å²) in [6, 6.07) is 12.2. The topological polar surface area (TPSA) is 102 Å². The molecule has 0 bridgehead atoms. The van der Waals surface area contributed by atoms with E-state index < -0.39 is 17.6 Å². The van der Waals surface area contributed by atoms with Gasteiger partial charge in [0, 0.05) is 16.4 Å². The second kappa shape index (κ2) is 7.39. The SMILES string of the molecule is O=C(Cn1c(=O)nc2n1C(=O)N(c1ccc(Br)cc1)C2)NCc1ccccn1. The smallest absolute Gasteiger partial charge is 0.349 e. The first-order valence-electron chi connectivity index (χ1n) is 8.46. The van der Waals surface area contributed by atoms with E-state index in [0.717, 1.165) is 13.8 Å². The Bertz CT molecular complexity index is 1090. The lowest BCUT2D eigenvalue weighted by Gasteiger charge is -2.15. The van der Waals surface area contributed by atoms with Gasteiger partial charge < -0.3 is 5.32 Å². The number of carbonyl (C=O) groups excluding carboxylic acids is 2. The van der Waals surface area contributed by atoms with Gasteiger partial charge in [0.25, 0.3) is 0 Å². The molecule has 3 heterocycles. The molecule has 3 aromatic rings. The van der Waals surface area contributed by atoms with Crippen LogP contribution < -0.4 is 15.9 Å². The van der Waals surface area contributed by atoms with Crippen LogP contribution in [0.25, 0.3) is 0 Å². The molecule has 0 aliphatic carbocycles. The van der Waals surface area contributed by atoms with Gasteiger partial charge in [0.1, 0.15) is 6.54 Å². The molecule has 0 unspecified atom stereocenters. The van der Waals surface area contributed by atoms with Crippen molar-refractivity contribution < 1.29 is 9.59 Å². The molecule has 9 nitrogen and oxygen atoms in total. The second-order valence-corrected chi connectivity index (χ2v) is 7.04. The summed E-state index contributed by atoms with van der Waals surface area (Å²) >= 11 is 3.35. The predicted molar refractivity (Wildman–Crippen MR) is 104 cm³/mol. The number of halogens is 1. The van der Waals surface area contributed by atoms with Gasteiger partial charge in [-0.25, -0.2) is 14.3 Å². The number of pyridine rings is 1. The Hall–Kier alpha value is -3.27. The number of rotatable bonds is 5. The first kappa shape index (κ1) is 18.1. The Balaban J connectivity index is 1.50. The molecule has 0 saturated heterocycles. The van der Waals surface area contributed by atoms with Crippen molar-refractivity contribution in [2.45, 2.75) is 19.6 Å². The van der Waals surface area contributed by atoms with Gasteiger partial charge in [-0.1, -0.05) is 22.0 Å². The Morgan fingerprint density at radius 3 is 2.64 bits per heavy atom. The van der Waals surface area contributed by atoms with Crippen LogP contribution >= 0.6 is 15.9 Å². The molecular weight excluding hydrogens is 428 g/mol. The first-order chi connectivity index (χ1) is 13.5. The molecule has 0 spiro atoms. The highest BCUT2D eigenvalue weighted by atomic mass is 79.9. The molecule has 0 fully saturated rings. The number of fused-ring (bicyclic) bond motifs is 1. The van der Waals surface area contributed by atoms with E-state index in [0.29, 0.717) is 17.2 Å². The monoisotopic (exact) mass is 442 g/mol. The van der Waals surface area contributed by atoms with Crippen molar-refractivity contribution in [2.75, 3.05) is 4.90 Å². The minimum absolute atomic E-state index is 0.165. The quantitative estimate of drug-likeness (QED) is 0.644. The lowest BCUT2D eigenvalue weighted by atomic mass is 10.3. The van der Waals surface area contributed by atoms with Crippen molar-refractivity contribution in [1.82, 2.24) is 24.6 Å². The maximum Gasteiger partial charge on any atom is 0.365 e. The number of anilines is 1. The van der Waals surface area contributed by atoms with E-state index in [2.05, 4.69) is 31.2 Å². The average molecular weight is 443 g/mol. The number of aromatic nitrogens is 4. The van der Waals surface area contributed by atoms with E-state index in [4.69, 9.17) is 0 Å². The molecule has 0 saturated carbocycles. The normalized spacial score (nSPS) is 12.9. The Kier molecular flexibility index (Phi) is 4.78. The standard InChI is InChI=1S/C18H15BrN6O3/c19-12-4-6-14(7-5-12)23-10-15-22-17(27)24(25(15)18(23)28)11-16(26)21-9-13-3-1-2-8-20-13/h1-8H,9-11H2,(H,21,26). The van der Waals surface area contributed by atoms with Crippen LogP contribution in [0.2, 0.25) is 0 Å². The number of nitrogens with one attached hydrogen (secondary N) is 1. The van der Waals surface area contributed by atoms with E-state index in [9.17, 15) is 14.4 Å². The van der Waals surface area contributed by atoms with Crippen molar-refractivity contribution in [2.24, 2.45) is 0 Å². The van der Waals surface area contributed by atoms with E-state index in [1.165, 1.54) is 4.90 Å². The third kappa shape index (κ3) is 3.46. The van der Waals surface area contributed by atoms with Crippen LogP contribution in [0.3, 0.4) is 0 Å². The van der Waals surface area contributed by atoms with Crippen molar-refractivity contribution >= 4 is 33.6 Å². The molecular formula is C18H15BrN6O3. The molecule has 142 valence electrons. The summed E-state index contributed by atoms with van der Waals surface area (Å²) in [5.74, 6) is -0.110. The summed E-state index contributed by atoms with van der Waals surface area (Å²) in [4.78, 5) is 46.8. The maximum absolute atomic E-state index is 12.8. The van der Waals surface area contributed by atoms with Gasteiger partial charge in [0.2, 0.25) is 5.91 Å². The molecule has 0 radical (unpaired) electrons. The highest BCUT2D eigenvalue weighted by molar-refractivity contribution is 9.10. The van der Waals surface area contributed by atoms with Gasteiger partial charge in [-0.3, -0.25) is 14.7 Å². The summed E-state index contributed by atoms with van der Waals surface area (Å²) < 4.78 is 3.09. The third-order valence-electron chi connectivity index (χ3n) is 4.27. The second-order valence-electron chi connectivity index (χ2n) is 6.12. The van der Waals surface area contributed by atoms with Crippen molar-refractivity contribution in [1.29, 1.82) is 0 Å². The van der Waals surface area contributed by atoms with Crippen molar-refractivity contribution in [3.8, 4) is 0 Å². The third-order valence-corrected chi connectivity index (χ3v) is 4.80. The van der Waals surface area contributed by atoms with E-state index >= 15 is 0 Å². The lowest BCUT2D eigenvalue weighted by molar-refractivity contribution is -0.122.